The summed E-state index contributed by atoms with van der Waals surface area (Å²) in [6.07, 6.45) is 0. The van der Waals surface area contributed by atoms with Crippen molar-refractivity contribution < 1.29 is 4.79 Å². The molecule has 0 unspecified atom stereocenters. The van der Waals surface area contributed by atoms with Gasteiger partial charge in [0.2, 0.25) is 5.95 Å². The molecule has 0 aliphatic rings. The molecule has 0 radical (unpaired) electrons. The molecule has 0 bridgehead atoms. The molecule has 0 saturated heterocycles. The molecule has 150 valence electrons. The minimum Gasteiger partial charge on any atom is -0.309 e. The van der Waals surface area contributed by atoms with Gasteiger partial charge in [0.15, 0.2) is 0 Å². The fourth-order valence-corrected chi connectivity index (χ4v) is 3.53. The number of likely N-dealkylation sites (N-methyl/N-ethyl adjacent to an activating group) is 1. The molecule has 0 fully saturated rings. The Bertz CT molecular complexity index is 1160. The lowest BCUT2D eigenvalue weighted by Crippen LogP contribution is -2.27. The van der Waals surface area contributed by atoms with E-state index >= 15 is 0 Å². The van der Waals surface area contributed by atoms with E-state index in [0.29, 0.717) is 17.0 Å². The normalized spacial score (nSPS) is 11.6. The van der Waals surface area contributed by atoms with E-state index in [4.69, 9.17) is 0 Å². The molecule has 0 aliphatic carbocycles. The van der Waals surface area contributed by atoms with Crippen LogP contribution in [0.5, 0.6) is 0 Å². The highest BCUT2D eigenvalue weighted by atomic mass is 16.1. The number of benzene rings is 2. The van der Waals surface area contributed by atoms with Gasteiger partial charge in [-0.2, -0.15) is 0 Å². The fourth-order valence-electron chi connectivity index (χ4n) is 3.53. The Kier molecular flexibility index (Phi) is 5.26. The first-order chi connectivity index (χ1) is 14.1. The third-order valence-electron chi connectivity index (χ3n) is 5.29. The number of aromatic nitrogens is 5. The van der Waals surface area contributed by atoms with Crippen molar-refractivity contribution in [2.75, 3.05) is 25.0 Å². The van der Waals surface area contributed by atoms with Gasteiger partial charge in [0, 0.05) is 25.7 Å². The number of anilines is 1. The molecular formula is C21H25N7O. The third kappa shape index (κ3) is 3.71. The number of nitrogens with zero attached hydrogens (tertiary/aromatic N) is 6. The van der Waals surface area contributed by atoms with Crippen LogP contribution >= 0.6 is 0 Å². The Hall–Kier alpha value is -3.26. The fraction of sp³-hybridized carbons (Fsp3) is 0.333. The van der Waals surface area contributed by atoms with E-state index in [0.717, 1.165) is 42.7 Å². The SMILES string of the molecule is CCN(CC)CCn1c(NC(=O)c2ccc3c(c2)nnn3C)nc2ccccc21. The Morgan fingerprint density at radius 1 is 1.07 bits per heavy atom. The van der Waals surface area contributed by atoms with Crippen LogP contribution in [0.15, 0.2) is 42.5 Å². The van der Waals surface area contributed by atoms with Gasteiger partial charge >= 0.3 is 0 Å². The molecule has 0 aliphatic heterocycles. The molecule has 8 heteroatoms. The van der Waals surface area contributed by atoms with Crippen molar-refractivity contribution >= 4 is 33.9 Å². The van der Waals surface area contributed by atoms with E-state index in [-0.39, 0.29) is 5.91 Å². The van der Waals surface area contributed by atoms with Gasteiger partial charge in [-0.3, -0.25) is 10.1 Å². The van der Waals surface area contributed by atoms with Gasteiger partial charge < -0.3 is 9.47 Å². The molecule has 29 heavy (non-hydrogen) atoms. The first kappa shape index (κ1) is 19.1. The van der Waals surface area contributed by atoms with E-state index in [2.05, 4.69) is 43.9 Å². The number of nitrogens with one attached hydrogen (secondary N) is 1. The van der Waals surface area contributed by atoms with E-state index in [1.807, 2.05) is 37.4 Å². The number of fused-ring (bicyclic) bond motifs is 2. The minimum absolute atomic E-state index is 0.211. The van der Waals surface area contributed by atoms with Gasteiger partial charge in [-0.25, -0.2) is 9.67 Å². The van der Waals surface area contributed by atoms with Gasteiger partial charge in [0.25, 0.3) is 5.91 Å². The zero-order chi connectivity index (χ0) is 20.4. The third-order valence-corrected chi connectivity index (χ3v) is 5.29. The zero-order valence-electron chi connectivity index (χ0n) is 17.0. The van der Waals surface area contributed by atoms with Gasteiger partial charge in [-0.1, -0.05) is 31.2 Å². The Morgan fingerprint density at radius 2 is 1.86 bits per heavy atom. The second kappa shape index (κ2) is 8.00. The lowest BCUT2D eigenvalue weighted by atomic mass is 10.2. The molecule has 1 amide bonds. The molecule has 8 nitrogen and oxygen atoms in total. The standard InChI is InChI=1S/C21H25N7O/c1-4-27(5-2)12-13-28-19-9-7-6-8-16(19)22-21(28)23-20(29)15-10-11-18-17(14-15)24-25-26(18)3/h6-11,14H,4-5,12-13H2,1-3H3,(H,22,23,29). The van der Waals surface area contributed by atoms with Crippen molar-refractivity contribution in [1.82, 2.24) is 29.4 Å². The van der Waals surface area contributed by atoms with Crippen molar-refractivity contribution in [2.24, 2.45) is 7.05 Å². The van der Waals surface area contributed by atoms with Crippen LogP contribution in [0.1, 0.15) is 24.2 Å². The van der Waals surface area contributed by atoms with Gasteiger partial charge in [0.1, 0.15) is 5.52 Å². The monoisotopic (exact) mass is 391 g/mol. The van der Waals surface area contributed by atoms with E-state index in [1.165, 1.54) is 0 Å². The largest absolute Gasteiger partial charge is 0.309 e. The Morgan fingerprint density at radius 3 is 2.66 bits per heavy atom. The number of carbonyl (C=O) groups is 1. The van der Waals surface area contributed by atoms with E-state index in [1.54, 1.807) is 16.8 Å². The number of hydrogen-bond acceptors (Lipinski definition) is 5. The first-order valence-electron chi connectivity index (χ1n) is 9.89. The van der Waals surface area contributed by atoms with Crippen molar-refractivity contribution in [1.29, 1.82) is 0 Å². The summed E-state index contributed by atoms with van der Waals surface area (Å²) < 4.78 is 3.76. The number of imidazole rings is 1. The summed E-state index contributed by atoms with van der Waals surface area (Å²) >= 11 is 0. The average molecular weight is 391 g/mol. The van der Waals surface area contributed by atoms with Crippen LogP contribution in [0.2, 0.25) is 0 Å². The number of carbonyl (C=O) groups excluding carboxylic acids is 1. The van der Waals surface area contributed by atoms with Gasteiger partial charge in [0.05, 0.1) is 16.6 Å². The van der Waals surface area contributed by atoms with Crippen molar-refractivity contribution in [3.63, 3.8) is 0 Å². The van der Waals surface area contributed by atoms with Crippen LogP contribution in [-0.4, -0.2) is 55.0 Å². The first-order valence-corrected chi connectivity index (χ1v) is 9.89. The molecule has 4 rings (SSSR count). The highest BCUT2D eigenvalue weighted by Gasteiger charge is 2.16. The van der Waals surface area contributed by atoms with Crippen molar-refractivity contribution in [3.05, 3.63) is 48.0 Å². The van der Waals surface area contributed by atoms with Gasteiger partial charge in [-0.15, -0.1) is 5.10 Å². The number of para-hydroxylation sites is 2. The molecule has 2 aromatic heterocycles. The highest BCUT2D eigenvalue weighted by Crippen LogP contribution is 2.21. The molecule has 0 spiro atoms. The lowest BCUT2D eigenvalue weighted by molar-refractivity contribution is 0.102. The van der Waals surface area contributed by atoms with E-state index in [9.17, 15) is 4.79 Å². The number of rotatable bonds is 7. The highest BCUT2D eigenvalue weighted by molar-refractivity contribution is 6.05. The van der Waals surface area contributed by atoms with Crippen LogP contribution in [0.3, 0.4) is 0 Å². The zero-order valence-corrected chi connectivity index (χ0v) is 17.0. The Balaban J connectivity index is 1.63. The molecule has 4 aromatic rings. The van der Waals surface area contributed by atoms with Crippen LogP contribution < -0.4 is 5.32 Å². The molecular weight excluding hydrogens is 366 g/mol. The summed E-state index contributed by atoms with van der Waals surface area (Å²) in [5.41, 5.74) is 3.98. The van der Waals surface area contributed by atoms with Crippen molar-refractivity contribution in [2.45, 2.75) is 20.4 Å². The summed E-state index contributed by atoms with van der Waals surface area (Å²) in [4.78, 5) is 19.9. The topological polar surface area (TPSA) is 80.9 Å². The quantitative estimate of drug-likeness (QED) is 0.524. The number of amides is 1. The molecule has 0 saturated carbocycles. The van der Waals surface area contributed by atoms with Crippen LogP contribution in [0.4, 0.5) is 5.95 Å². The maximum atomic E-state index is 12.9. The predicted octanol–water partition coefficient (Wildman–Crippen LogP) is 2.91. The van der Waals surface area contributed by atoms with Crippen LogP contribution in [0, 0.1) is 0 Å². The maximum Gasteiger partial charge on any atom is 0.258 e. The molecule has 2 aromatic carbocycles. The van der Waals surface area contributed by atoms with Gasteiger partial charge in [-0.05, 0) is 43.4 Å². The summed E-state index contributed by atoms with van der Waals surface area (Å²) in [5.74, 6) is 0.347. The Labute approximate surface area is 169 Å². The summed E-state index contributed by atoms with van der Waals surface area (Å²) in [6, 6.07) is 13.3. The number of hydrogen-bond donors (Lipinski definition) is 1. The summed E-state index contributed by atoms with van der Waals surface area (Å²) in [5, 5.41) is 11.1. The maximum absolute atomic E-state index is 12.9. The minimum atomic E-state index is -0.211. The number of aryl methyl sites for hydroxylation is 1. The smallest absolute Gasteiger partial charge is 0.258 e. The van der Waals surface area contributed by atoms with Crippen molar-refractivity contribution in [3.8, 4) is 0 Å². The predicted molar refractivity (Wildman–Crippen MR) is 114 cm³/mol. The molecule has 0 atom stereocenters. The second-order valence-electron chi connectivity index (χ2n) is 6.97. The molecule has 1 N–H and O–H groups in total. The molecule has 2 heterocycles. The van der Waals surface area contributed by atoms with Crippen LogP contribution in [0.25, 0.3) is 22.1 Å². The lowest BCUT2D eigenvalue weighted by Gasteiger charge is -2.19. The summed E-state index contributed by atoms with van der Waals surface area (Å²) in [6.45, 7) is 7.93. The average Bonchev–Trinajstić information content (AvgIpc) is 3.28. The second-order valence-corrected chi connectivity index (χ2v) is 6.97. The van der Waals surface area contributed by atoms with Crippen LogP contribution in [-0.2, 0) is 13.6 Å². The summed E-state index contributed by atoms with van der Waals surface area (Å²) in [7, 11) is 1.83. The van der Waals surface area contributed by atoms with E-state index < -0.39 is 0 Å².